The number of nitrogens with zero attached hydrogens (tertiary/aromatic N) is 1. The first-order chi connectivity index (χ1) is 15.3. The van der Waals surface area contributed by atoms with Gasteiger partial charge in [-0.3, -0.25) is 5.23 Å². The summed E-state index contributed by atoms with van der Waals surface area (Å²) < 4.78 is 0. The zero-order valence-electron chi connectivity index (χ0n) is 19.3. The highest BCUT2D eigenvalue weighted by atomic mass is 16.9. The summed E-state index contributed by atoms with van der Waals surface area (Å²) in [4.78, 5) is 5.06. The molecule has 6 heteroatoms. The summed E-state index contributed by atoms with van der Waals surface area (Å²) in [6.07, 6.45) is 11.6. The van der Waals surface area contributed by atoms with Gasteiger partial charge in [-0.15, -0.1) is 0 Å². The first kappa shape index (κ1) is 25.1. The van der Waals surface area contributed by atoms with Crippen LogP contribution in [0, 0.1) is 23.0 Å². The smallest absolute Gasteiger partial charge is 0.0755 e. The Hall–Kier alpha value is -1.54. The Labute approximate surface area is 192 Å². The van der Waals surface area contributed by atoms with E-state index in [1.807, 2.05) is 26.0 Å². The minimum absolute atomic E-state index is 0.0460. The van der Waals surface area contributed by atoms with Gasteiger partial charge >= 0.3 is 0 Å². The molecular weight excluding hydrogens is 404 g/mol. The van der Waals surface area contributed by atoms with Gasteiger partial charge in [0.15, 0.2) is 0 Å². The van der Waals surface area contributed by atoms with E-state index in [9.17, 15) is 15.4 Å². The van der Waals surface area contributed by atoms with Crippen LogP contribution in [0.15, 0.2) is 48.6 Å². The summed E-state index contributed by atoms with van der Waals surface area (Å²) in [7, 11) is 0. The van der Waals surface area contributed by atoms with Gasteiger partial charge in [0.05, 0.1) is 18.3 Å². The molecule has 5 atom stereocenters. The van der Waals surface area contributed by atoms with E-state index in [0.29, 0.717) is 18.2 Å². The van der Waals surface area contributed by atoms with Crippen molar-refractivity contribution in [3.63, 3.8) is 0 Å². The average Bonchev–Trinajstić information content (AvgIpc) is 3.29. The van der Waals surface area contributed by atoms with E-state index in [4.69, 9.17) is 10.6 Å². The fourth-order valence-electron chi connectivity index (χ4n) is 5.02. The van der Waals surface area contributed by atoms with Crippen molar-refractivity contribution in [3.05, 3.63) is 64.9 Å². The van der Waals surface area contributed by atoms with Crippen molar-refractivity contribution in [1.29, 1.82) is 0 Å². The third-order valence-electron chi connectivity index (χ3n) is 6.71. The topological polar surface area (TPSA) is 102 Å². The number of allylic oxidation sites excluding steroid dienone is 2. The molecule has 178 valence electrons. The molecule has 0 radical (unpaired) electrons. The van der Waals surface area contributed by atoms with E-state index >= 15 is 0 Å². The lowest BCUT2D eigenvalue weighted by atomic mass is 9.88. The maximum atomic E-state index is 11.5. The molecule has 1 fully saturated rings. The predicted octanol–water partition coefficient (Wildman–Crippen LogP) is 3.51. The molecule has 6 nitrogen and oxygen atoms in total. The number of hydrogen-bond donors (Lipinski definition) is 3. The van der Waals surface area contributed by atoms with Gasteiger partial charge in [-0.2, -0.15) is 0 Å². The molecule has 2 aliphatic rings. The molecule has 0 aromatic heterocycles. The molecule has 3 rings (SSSR count). The summed E-state index contributed by atoms with van der Waals surface area (Å²) in [6.45, 7) is 4.01. The van der Waals surface area contributed by atoms with Crippen LogP contribution >= 0.6 is 0 Å². The Morgan fingerprint density at radius 2 is 1.91 bits per heavy atom. The number of fused-ring (bicyclic) bond motifs is 1. The average molecular weight is 444 g/mol. The van der Waals surface area contributed by atoms with E-state index in [-0.39, 0.29) is 29.9 Å². The summed E-state index contributed by atoms with van der Waals surface area (Å²) in [5, 5.41) is 33.4. The maximum absolute atomic E-state index is 11.5. The number of nitrogens with two attached hydrogens (primary N) is 1. The lowest BCUT2D eigenvalue weighted by Crippen LogP contribution is -2.27. The van der Waals surface area contributed by atoms with Crippen LogP contribution in [0.3, 0.4) is 0 Å². The number of aliphatic hydroxyl groups is 2. The van der Waals surface area contributed by atoms with Gasteiger partial charge in [0.25, 0.3) is 0 Å². The maximum Gasteiger partial charge on any atom is 0.0755 e. The van der Waals surface area contributed by atoms with Gasteiger partial charge in [-0.25, -0.2) is 0 Å². The van der Waals surface area contributed by atoms with Gasteiger partial charge in [0.1, 0.15) is 0 Å². The Morgan fingerprint density at radius 1 is 1.22 bits per heavy atom. The minimum atomic E-state index is -0.508. The van der Waals surface area contributed by atoms with E-state index in [0.717, 1.165) is 32.1 Å². The Balaban J connectivity index is 1.46. The van der Waals surface area contributed by atoms with E-state index in [1.165, 1.54) is 11.1 Å². The molecule has 3 unspecified atom stereocenters. The Morgan fingerprint density at radius 3 is 2.56 bits per heavy atom. The van der Waals surface area contributed by atoms with E-state index in [1.54, 1.807) is 0 Å². The van der Waals surface area contributed by atoms with Gasteiger partial charge in [-0.1, -0.05) is 48.6 Å². The van der Waals surface area contributed by atoms with Crippen molar-refractivity contribution in [3.8, 4) is 0 Å². The molecule has 0 saturated heterocycles. The van der Waals surface area contributed by atoms with Crippen LogP contribution in [0.25, 0.3) is 0 Å². The lowest BCUT2D eigenvalue weighted by Gasteiger charge is -2.28. The molecule has 32 heavy (non-hydrogen) atoms. The monoisotopic (exact) mass is 443 g/mol. The molecule has 0 heterocycles. The fourth-order valence-corrected chi connectivity index (χ4v) is 5.02. The van der Waals surface area contributed by atoms with Crippen molar-refractivity contribution in [2.45, 2.75) is 76.7 Å². The standard InChI is InChI=1S/C26H39N2O4/c1-18(2)32-28(31)14-8-4-3-5-11-23-22(24(27)17-26(23)30)12-13-25(29)21-15-19-9-6-7-10-20(19)16-21/h3,5-7,9-10,12-13,18,21-26,29-30H,4,8,11,14-17,27H2,1-2H3/q-1/b5-3-,13-12+/t22?,23?,24?,25-,26-/m0/s1. The third kappa shape index (κ3) is 6.98. The molecule has 0 spiro atoms. The van der Waals surface area contributed by atoms with Crippen molar-refractivity contribution in [2.24, 2.45) is 23.5 Å². The van der Waals surface area contributed by atoms with Crippen LogP contribution < -0.4 is 5.73 Å². The molecule has 0 bridgehead atoms. The fraction of sp³-hybridized carbons (Fsp3) is 0.615. The summed E-state index contributed by atoms with van der Waals surface area (Å²) >= 11 is 0. The van der Waals surface area contributed by atoms with Crippen molar-refractivity contribution >= 4 is 0 Å². The highest BCUT2D eigenvalue weighted by Gasteiger charge is 2.38. The number of benzene rings is 1. The summed E-state index contributed by atoms with van der Waals surface area (Å²) in [5.74, 6) is 0.292. The molecule has 1 aromatic rings. The lowest BCUT2D eigenvalue weighted by molar-refractivity contribution is -0.152. The molecule has 4 N–H and O–H groups in total. The molecule has 0 amide bonds. The highest BCUT2D eigenvalue weighted by molar-refractivity contribution is 5.33. The van der Waals surface area contributed by atoms with Crippen LogP contribution in [0.4, 0.5) is 0 Å². The van der Waals surface area contributed by atoms with Crippen LogP contribution in [0.2, 0.25) is 0 Å². The van der Waals surface area contributed by atoms with Crippen LogP contribution in [-0.2, 0) is 17.7 Å². The van der Waals surface area contributed by atoms with Crippen LogP contribution in [0.5, 0.6) is 0 Å². The van der Waals surface area contributed by atoms with Crippen molar-refractivity contribution in [2.75, 3.05) is 6.54 Å². The molecular formula is C26H39N2O4-. The van der Waals surface area contributed by atoms with E-state index in [2.05, 4.69) is 36.4 Å². The summed E-state index contributed by atoms with van der Waals surface area (Å²) in [5.41, 5.74) is 8.98. The third-order valence-corrected chi connectivity index (χ3v) is 6.71. The quantitative estimate of drug-likeness (QED) is 0.275. The predicted molar refractivity (Wildman–Crippen MR) is 127 cm³/mol. The van der Waals surface area contributed by atoms with Crippen molar-refractivity contribution < 1.29 is 15.1 Å². The van der Waals surface area contributed by atoms with Gasteiger partial charge in [0.2, 0.25) is 0 Å². The highest BCUT2D eigenvalue weighted by Crippen LogP contribution is 2.36. The van der Waals surface area contributed by atoms with Gasteiger partial charge in [-0.05, 0) is 81.3 Å². The summed E-state index contributed by atoms with van der Waals surface area (Å²) in [6, 6.07) is 8.29. The number of unbranched alkanes of at least 4 members (excludes halogenated alkanes) is 1. The van der Waals surface area contributed by atoms with Crippen LogP contribution in [-0.4, -0.2) is 46.3 Å². The molecule has 0 aliphatic heterocycles. The molecule has 1 aromatic carbocycles. The van der Waals surface area contributed by atoms with Crippen molar-refractivity contribution in [1.82, 2.24) is 5.23 Å². The normalized spacial score (nSPS) is 27.4. The first-order valence-electron chi connectivity index (χ1n) is 12.0. The van der Waals surface area contributed by atoms with E-state index < -0.39 is 12.2 Å². The SMILES string of the molecule is CC(C)ON([O-])CCC/C=C\CC1C(/C=C/[C@H](O)C2Cc3ccccc3C2)C(N)C[C@@H]1O. The first-order valence-corrected chi connectivity index (χ1v) is 12.0. The number of aliphatic hydroxyl groups excluding tert-OH is 2. The zero-order valence-corrected chi connectivity index (χ0v) is 19.3. The Bertz CT molecular complexity index is 741. The second kappa shape index (κ2) is 12.1. The second-order valence-corrected chi connectivity index (χ2v) is 9.58. The largest absolute Gasteiger partial charge is 0.762 e. The minimum Gasteiger partial charge on any atom is -0.762 e. The second-order valence-electron chi connectivity index (χ2n) is 9.58. The zero-order chi connectivity index (χ0) is 23.1. The molecule has 1 saturated carbocycles. The number of hydrogen-bond acceptors (Lipinski definition) is 6. The van der Waals surface area contributed by atoms with Gasteiger partial charge in [0, 0.05) is 12.6 Å². The molecule has 2 aliphatic carbocycles. The number of hydroxylamine groups is 2. The van der Waals surface area contributed by atoms with Gasteiger partial charge < -0.3 is 26.0 Å². The Kier molecular flexibility index (Phi) is 9.46. The van der Waals surface area contributed by atoms with Crippen LogP contribution in [0.1, 0.15) is 50.7 Å². The number of rotatable bonds is 11.